The molecule has 2 nitrogen and oxygen atoms in total. The van der Waals surface area contributed by atoms with E-state index in [0.717, 1.165) is 24.0 Å². The Balaban J connectivity index is 1.39. The molecule has 0 N–H and O–H groups in total. The van der Waals surface area contributed by atoms with Crippen molar-refractivity contribution in [3.8, 4) is 28.0 Å². The molecule has 0 unspecified atom stereocenters. The van der Waals surface area contributed by atoms with E-state index in [1.807, 2.05) is 30.3 Å². The van der Waals surface area contributed by atoms with Crippen LogP contribution in [0.1, 0.15) is 17.0 Å². The fourth-order valence-corrected chi connectivity index (χ4v) is 4.98. The highest BCUT2D eigenvalue weighted by Crippen LogP contribution is 2.39. The number of nitrogens with zero attached hydrogens (tertiary/aromatic N) is 1. The lowest BCUT2D eigenvalue weighted by Crippen LogP contribution is -2.21. The minimum absolute atomic E-state index is 0.201. The van der Waals surface area contributed by atoms with Crippen LogP contribution >= 0.6 is 11.3 Å². The van der Waals surface area contributed by atoms with Crippen LogP contribution in [0.5, 0.6) is 5.75 Å². The third kappa shape index (κ3) is 5.54. The Labute approximate surface area is 223 Å². The minimum atomic E-state index is -4.06. The molecule has 0 bridgehead atoms. The Morgan fingerprint density at radius 1 is 0.795 bits per heavy atom. The molecule has 5 rings (SSSR count). The second-order valence-electron chi connectivity index (χ2n) is 8.74. The SMILES string of the molecule is C=CCCc1ccc(-c2ccc(-c3ccc4nc(C(F)(F)Oc5cc(F)c(F)c(F)c5)sc4c3)c(F)c2)cc1. The van der Waals surface area contributed by atoms with Crippen molar-refractivity contribution in [3.05, 3.63) is 119 Å². The van der Waals surface area contributed by atoms with E-state index in [9.17, 15) is 22.0 Å². The Kier molecular flexibility index (Phi) is 7.18. The average molecular weight is 556 g/mol. The maximum absolute atomic E-state index is 15.1. The van der Waals surface area contributed by atoms with Gasteiger partial charge in [-0.3, -0.25) is 0 Å². The summed E-state index contributed by atoms with van der Waals surface area (Å²) in [6.07, 6.45) is -0.466. The van der Waals surface area contributed by atoms with Crippen molar-refractivity contribution in [1.29, 1.82) is 0 Å². The summed E-state index contributed by atoms with van der Waals surface area (Å²) in [6, 6.07) is 17.8. The molecule has 0 aliphatic carbocycles. The largest absolute Gasteiger partial charge is 0.454 e. The summed E-state index contributed by atoms with van der Waals surface area (Å²) >= 11 is 0.580. The first kappa shape index (κ1) is 26.5. The lowest BCUT2D eigenvalue weighted by atomic mass is 9.98. The normalized spacial score (nSPS) is 11.6. The molecule has 0 spiro atoms. The van der Waals surface area contributed by atoms with Gasteiger partial charge < -0.3 is 4.74 Å². The summed E-state index contributed by atoms with van der Waals surface area (Å²) in [7, 11) is 0. The van der Waals surface area contributed by atoms with E-state index >= 15 is 4.39 Å². The molecule has 39 heavy (non-hydrogen) atoms. The Hall–Kier alpha value is -4.11. The average Bonchev–Trinajstić information content (AvgIpc) is 3.35. The molecule has 1 aromatic heterocycles. The molecule has 0 radical (unpaired) electrons. The number of rotatable bonds is 8. The number of thiazole rings is 1. The number of allylic oxidation sites excluding steroid dienone is 1. The number of benzene rings is 4. The van der Waals surface area contributed by atoms with E-state index in [2.05, 4.69) is 16.3 Å². The molecule has 9 heteroatoms. The summed E-state index contributed by atoms with van der Waals surface area (Å²) < 4.78 is 89.4. The van der Waals surface area contributed by atoms with Crippen LogP contribution in [-0.4, -0.2) is 4.98 Å². The van der Waals surface area contributed by atoms with E-state index < -0.39 is 40.1 Å². The van der Waals surface area contributed by atoms with Gasteiger partial charge in [0.05, 0.1) is 10.2 Å². The highest BCUT2D eigenvalue weighted by atomic mass is 32.1. The monoisotopic (exact) mass is 555 g/mol. The number of halogens is 6. The van der Waals surface area contributed by atoms with Crippen molar-refractivity contribution in [2.24, 2.45) is 0 Å². The number of hydrogen-bond donors (Lipinski definition) is 0. The Bertz CT molecular complexity index is 1660. The van der Waals surface area contributed by atoms with Gasteiger partial charge in [0.1, 0.15) is 11.6 Å². The molecule has 4 aromatic carbocycles. The van der Waals surface area contributed by atoms with Gasteiger partial charge in [-0.05, 0) is 53.3 Å². The second-order valence-corrected chi connectivity index (χ2v) is 9.77. The van der Waals surface area contributed by atoms with E-state index in [1.54, 1.807) is 18.2 Å². The van der Waals surface area contributed by atoms with Gasteiger partial charge in [-0.25, -0.2) is 22.5 Å². The molecular formula is C30H19F6NOS. The third-order valence-corrected chi connectivity index (χ3v) is 7.11. The van der Waals surface area contributed by atoms with Gasteiger partial charge in [-0.1, -0.05) is 48.5 Å². The lowest BCUT2D eigenvalue weighted by molar-refractivity contribution is -0.185. The van der Waals surface area contributed by atoms with Gasteiger partial charge in [0.15, 0.2) is 17.5 Å². The molecular weight excluding hydrogens is 536 g/mol. The van der Waals surface area contributed by atoms with Crippen molar-refractivity contribution in [3.63, 3.8) is 0 Å². The van der Waals surface area contributed by atoms with Crippen LogP contribution in [0.3, 0.4) is 0 Å². The van der Waals surface area contributed by atoms with E-state index in [-0.39, 0.29) is 11.1 Å². The molecule has 0 aliphatic rings. The highest BCUT2D eigenvalue weighted by Gasteiger charge is 2.39. The van der Waals surface area contributed by atoms with Crippen molar-refractivity contribution < 1.29 is 31.1 Å². The van der Waals surface area contributed by atoms with Crippen LogP contribution in [0.2, 0.25) is 0 Å². The number of hydrogen-bond acceptors (Lipinski definition) is 3. The van der Waals surface area contributed by atoms with Crippen LogP contribution in [-0.2, 0) is 12.5 Å². The first-order chi connectivity index (χ1) is 18.6. The summed E-state index contributed by atoms with van der Waals surface area (Å²) in [5.41, 5.74) is 3.63. The second kappa shape index (κ2) is 10.6. The molecule has 198 valence electrons. The first-order valence-electron chi connectivity index (χ1n) is 11.8. The molecule has 0 aliphatic heterocycles. The number of ether oxygens (including phenoxy) is 1. The minimum Gasteiger partial charge on any atom is -0.427 e. The van der Waals surface area contributed by atoms with Gasteiger partial charge in [-0.2, -0.15) is 8.78 Å². The summed E-state index contributed by atoms with van der Waals surface area (Å²) in [6.45, 7) is 3.72. The molecule has 5 aromatic rings. The Morgan fingerprint density at radius 2 is 1.46 bits per heavy atom. The highest BCUT2D eigenvalue weighted by molar-refractivity contribution is 7.18. The number of alkyl halides is 2. The van der Waals surface area contributed by atoms with Crippen LogP contribution < -0.4 is 4.74 Å². The number of aromatic nitrogens is 1. The van der Waals surface area contributed by atoms with Crippen LogP contribution in [0.15, 0.2) is 85.5 Å². The van der Waals surface area contributed by atoms with Gasteiger partial charge in [-0.15, -0.1) is 17.9 Å². The standard InChI is InChI=1S/C30H19F6NOS/c1-2-3-4-17-5-7-18(8-6-17)19-9-11-22(23(31)13-19)20-10-12-26-27(14-20)39-29(37-26)30(35,36)38-21-15-24(32)28(34)25(33)16-21/h2,5-16H,1,3-4H2. The quantitative estimate of drug-likeness (QED) is 0.108. The molecule has 0 atom stereocenters. The van der Waals surface area contributed by atoms with Crippen LogP contribution in [0.4, 0.5) is 26.3 Å². The van der Waals surface area contributed by atoms with Gasteiger partial charge in [0.25, 0.3) is 0 Å². The predicted octanol–water partition coefficient (Wildman–Crippen LogP) is 9.43. The number of fused-ring (bicyclic) bond motifs is 1. The summed E-state index contributed by atoms with van der Waals surface area (Å²) in [5.74, 6) is -6.51. The van der Waals surface area contributed by atoms with Crippen molar-refractivity contribution in [2.75, 3.05) is 0 Å². The Morgan fingerprint density at radius 3 is 2.13 bits per heavy atom. The lowest BCUT2D eigenvalue weighted by Gasteiger charge is -2.15. The maximum Gasteiger partial charge on any atom is 0.454 e. The smallest absolute Gasteiger partial charge is 0.427 e. The summed E-state index contributed by atoms with van der Waals surface area (Å²) in [5, 5.41) is -0.785. The van der Waals surface area contributed by atoms with Crippen molar-refractivity contribution in [2.45, 2.75) is 19.0 Å². The van der Waals surface area contributed by atoms with E-state index in [0.29, 0.717) is 39.3 Å². The zero-order chi connectivity index (χ0) is 27.7. The molecule has 0 saturated heterocycles. The van der Waals surface area contributed by atoms with Gasteiger partial charge in [0, 0.05) is 17.7 Å². The van der Waals surface area contributed by atoms with E-state index in [4.69, 9.17) is 0 Å². The van der Waals surface area contributed by atoms with Crippen LogP contribution in [0, 0.1) is 23.3 Å². The zero-order valence-corrected chi connectivity index (χ0v) is 21.0. The maximum atomic E-state index is 15.1. The van der Waals surface area contributed by atoms with E-state index in [1.165, 1.54) is 18.2 Å². The first-order valence-corrected chi connectivity index (χ1v) is 12.6. The fourth-order valence-electron chi connectivity index (χ4n) is 4.06. The van der Waals surface area contributed by atoms with Gasteiger partial charge in [0.2, 0.25) is 5.01 Å². The molecule has 0 amide bonds. The topological polar surface area (TPSA) is 22.1 Å². The number of aryl methyl sites for hydroxylation is 1. The predicted molar refractivity (Wildman–Crippen MR) is 140 cm³/mol. The van der Waals surface area contributed by atoms with Crippen molar-refractivity contribution in [1.82, 2.24) is 4.98 Å². The molecule has 0 fully saturated rings. The van der Waals surface area contributed by atoms with Crippen molar-refractivity contribution >= 4 is 21.6 Å². The fraction of sp³-hybridized carbons (Fsp3) is 0.100. The van der Waals surface area contributed by atoms with Gasteiger partial charge >= 0.3 is 6.11 Å². The van der Waals surface area contributed by atoms with Crippen LogP contribution in [0.25, 0.3) is 32.5 Å². The molecule has 1 heterocycles. The molecule has 0 saturated carbocycles. The summed E-state index contributed by atoms with van der Waals surface area (Å²) in [4.78, 5) is 3.86. The third-order valence-electron chi connectivity index (χ3n) is 6.05. The zero-order valence-electron chi connectivity index (χ0n) is 20.2.